The van der Waals surface area contributed by atoms with E-state index in [-0.39, 0.29) is 5.02 Å². The van der Waals surface area contributed by atoms with Gasteiger partial charge in [-0.1, -0.05) is 35.9 Å². The van der Waals surface area contributed by atoms with Crippen LogP contribution in [0, 0.1) is 5.82 Å². The first-order valence-corrected chi connectivity index (χ1v) is 3.67. The fourth-order valence-corrected chi connectivity index (χ4v) is 1.15. The van der Waals surface area contributed by atoms with Crippen LogP contribution in [0.2, 0.25) is 10.0 Å². The van der Waals surface area contributed by atoms with Crippen LogP contribution in [0.4, 0.5) is 4.39 Å². The van der Waals surface area contributed by atoms with Crippen LogP contribution in [-0.2, 0) is 0 Å². The van der Waals surface area contributed by atoms with Crippen LogP contribution in [0.5, 0.6) is 0 Å². The highest BCUT2D eigenvalue weighted by Crippen LogP contribution is 2.24. The average Bonchev–Trinajstić information content (AvgIpc) is 1.97. The van der Waals surface area contributed by atoms with E-state index in [1.165, 1.54) is 18.2 Å². The van der Waals surface area contributed by atoms with E-state index in [4.69, 9.17) is 23.2 Å². The summed E-state index contributed by atoms with van der Waals surface area (Å²) in [5.74, 6) is -0.481. The first kappa shape index (κ1) is 8.57. The molecule has 0 fully saturated rings. The van der Waals surface area contributed by atoms with Crippen molar-refractivity contribution in [1.29, 1.82) is 0 Å². The maximum atomic E-state index is 12.7. The van der Waals surface area contributed by atoms with Crippen molar-refractivity contribution in [3.05, 3.63) is 40.1 Å². The molecule has 3 heteroatoms. The van der Waals surface area contributed by atoms with Crippen molar-refractivity contribution < 1.29 is 4.39 Å². The Bertz CT molecular complexity index is 294. The van der Waals surface area contributed by atoms with Gasteiger partial charge in [-0.05, 0) is 17.7 Å². The zero-order chi connectivity index (χ0) is 8.43. The summed E-state index contributed by atoms with van der Waals surface area (Å²) >= 11 is 11.1. The molecule has 0 amide bonds. The second-order valence-corrected chi connectivity index (χ2v) is 2.81. The maximum Gasteiger partial charge on any atom is 0.142 e. The Kier molecular flexibility index (Phi) is 2.53. The minimum absolute atomic E-state index is 0.0283. The Labute approximate surface area is 74.2 Å². The molecule has 0 aliphatic heterocycles. The molecule has 0 aliphatic rings. The van der Waals surface area contributed by atoms with Gasteiger partial charge in [0, 0.05) is 5.02 Å². The molecule has 0 radical (unpaired) electrons. The van der Waals surface area contributed by atoms with Gasteiger partial charge >= 0.3 is 0 Å². The highest BCUT2D eigenvalue weighted by atomic mass is 35.5. The van der Waals surface area contributed by atoms with Gasteiger partial charge in [-0.25, -0.2) is 4.39 Å². The molecule has 58 valence electrons. The van der Waals surface area contributed by atoms with Gasteiger partial charge in [0.1, 0.15) is 5.82 Å². The lowest BCUT2D eigenvalue weighted by Crippen LogP contribution is -1.80. The normalized spacial score (nSPS) is 9.73. The van der Waals surface area contributed by atoms with E-state index >= 15 is 0 Å². The number of rotatable bonds is 1. The van der Waals surface area contributed by atoms with Gasteiger partial charge in [-0.15, -0.1) is 0 Å². The van der Waals surface area contributed by atoms with Gasteiger partial charge in [0.05, 0.1) is 5.02 Å². The zero-order valence-electron chi connectivity index (χ0n) is 5.57. The molecular formula is C8H5Cl2F. The molecule has 0 bridgehead atoms. The monoisotopic (exact) mass is 190 g/mol. The first-order valence-electron chi connectivity index (χ1n) is 2.92. The predicted molar refractivity (Wildman–Crippen MR) is 46.5 cm³/mol. The van der Waals surface area contributed by atoms with Crippen LogP contribution < -0.4 is 0 Å². The van der Waals surface area contributed by atoms with Crippen LogP contribution in [0.1, 0.15) is 5.56 Å². The van der Waals surface area contributed by atoms with E-state index in [2.05, 4.69) is 6.58 Å². The van der Waals surface area contributed by atoms with Gasteiger partial charge in [0.2, 0.25) is 0 Å². The number of hydrogen-bond donors (Lipinski definition) is 0. The molecule has 0 aliphatic carbocycles. The third-order valence-corrected chi connectivity index (χ3v) is 1.88. The highest BCUT2D eigenvalue weighted by molar-refractivity contribution is 6.35. The first-order chi connectivity index (χ1) is 5.15. The van der Waals surface area contributed by atoms with E-state index in [0.29, 0.717) is 10.6 Å². The van der Waals surface area contributed by atoms with Crippen molar-refractivity contribution in [2.45, 2.75) is 0 Å². The van der Waals surface area contributed by atoms with Crippen LogP contribution in [0.15, 0.2) is 18.7 Å². The lowest BCUT2D eigenvalue weighted by Gasteiger charge is -1.99. The molecule has 0 N–H and O–H groups in total. The van der Waals surface area contributed by atoms with E-state index in [0.717, 1.165) is 0 Å². The van der Waals surface area contributed by atoms with Crippen molar-refractivity contribution >= 4 is 29.3 Å². The molecule has 0 saturated heterocycles. The minimum atomic E-state index is -0.481. The van der Waals surface area contributed by atoms with Gasteiger partial charge in [0.25, 0.3) is 0 Å². The Hall–Kier alpha value is -0.530. The van der Waals surface area contributed by atoms with Crippen LogP contribution in [0.25, 0.3) is 6.08 Å². The summed E-state index contributed by atoms with van der Waals surface area (Å²) in [4.78, 5) is 0. The summed E-state index contributed by atoms with van der Waals surface area (Å²) in [5, 5.41) is 0.437. The molecule has 0 aromatic heterocycles. The molecule has 11 heavy (non-hydrogen) atoms. The topological polar surface area (TPSA) is 0 Å². The standard InChI is InChI=1S/C8H5Cl2F/c1-2-5-3-8(11)7(10)4-6(5)9/h2-4H,1H2. The SMILES string of the molecule is C=Cc1cc(F)c(Cl)cc1Cl. The van der Waals surface area contributed by atoms with Crippen LogP contribution in [-0.4, -0.2) is 0 Å². The van der Waals surface area contributed by atoms with Gasteiger partial charge in [0.15, 0.2) is 0 Å². The third-order valence-electron chi connectivity index (χ3n) is 1.26. The quantitative estimate of drug-likeness (QED) is 0.592. The van der Waals surface area contributed by atoms with Gasteiger partial charge in [-0.2, -0.15) is 0 Å². The molecule has 0 saturated carbocycles. The zero-order valence-corrected chi connectivity index (χ0v) is 7.08. The molecule has 0 nitrogen and oxygen atoms in total. The Morgan fingerprint density at radius 2 is 1.91 bits per heavy atom. The second-order valence-electron chi connectivity index (χ2n) is 1.99. The fourth-order valence-electron chi connectivity index (χ4n) is 0.694. The summed E-state index contributed by atoms with van der Waals surface area (Å²) in [7, 11) is 0. The molecule has 1 aromatic rings. The lowest BCUT2D eigenvalue weighted by molar-refractivity contribution is 0.628. The van der Waals surface area contributed by atoms with Crippen molar-refractivity contribution in [1.82, 2.24) is 0 Å². The third kappa shape index (κ3) is 1.73. The molecular weight excluding hydrogens is 186 g/mol. The lowest BCUT2D eigenvalue weighted by atomic mass is 10.2. The summed E-state index contributed by atoms with van der Waals surface area (Å²) in [6.07, 6.45) is 1.47. The van der Waals surface area contributed by atoms with Crippen LogP contribution in [0.3, 0.4) is 0 Å². The fraction of sp³-hybridized carbons (Fsp3) is 0. The van der Waals surface area contributed by atoms with Gasteiger partial charge < -0.3 is 0 Å². The molecule has 0 heterocycles. The summed E-state index contributed by atoms with van der Waals surface area (Å²) in [6, 6.07) is 2.60. The Morgan fingerprint density at radius 3 is 2.45 bits per heavy atom. The summed E-state index contributed by atoms with van der Waals surface area (Å²) in [5.41, 5.74) is 0.550. The van der Waals surface area contributed by atoms with E-state index in [9.17, 15) is 4.39 Å². The van der Waals surface area contributed by atoms with E-state index < -0.39 is 5.82 Å². The number of hydrogen-bond acceptors (Lipinski definition) is 0. The molecule has 0 atom stereocenters. The smallest absolute Gasteiger partial charge is 0.142 e. The number of halogens is 3. The van der Waals surface area contributed by atoms with Crippen molar-refractivity contribution in [3.63, 3.8) is 0 Å². The molecule has 0 spiro atoms. The average molecular weight is 191 g/mol. The van der Waals surface area contributed by atoms with Crippen molar-refractivity contribution in [2.75, 3.05) is 0 Å². The molecule has 0 unspecified atom stereocenters. The van der Waals surface area contributed by atoms with Crippen LogP contribution >= 0.6 is 23.2 Å². The predicted octanol–water partition coefficient (Wildman–Crippen LogP) is 3.78. The summed E-state index contributed by atoms with van der Waals surface area (Å²) in [6.45, 7) is 3.47. The minimum Gasteiger partial charge on any atom is -0.205 e. The maximum absolute atomic E-state index is 12.7. The Morgan fingerprint density at radius 1 is 1.27 bits per heavy atom. The largest absolute Gasteiger partial charge is 0.205 e. The number of benzene rings is 1. The molecule has 1 rings (SSSR count). The summed E-state index contributed by atoms with van der Waals surface area (Å²) < 4.78 is 12.7. The second kappa shape index (κ2) is 3.24. The van der Waals surface area contributed by atoms with Crippen molar-refractivity contribution in [2.24, 2.45) is 0 Å². The highest BCUT2D eigenvalue weighted by Gasteiger charge is 2.03. The Balaban J connectivity index is 3.31. The molecule has 1 aromatic carbocycles. The van der Waals surface area contributed by atoms with E-state index in [1.807, 2.05) is 0 Å². The van der Waals surface area contributed by atoms with Crippen molar-refractivity contribution in [3.8, 4) is 0 Å². The van der Waals surface area contributed by atoms with Gasteiger partial charge in [-0.3, -0.25) is 0 Å². The van der Waals surface area contributed by atoms with E-state index in [1.54, 1.807) is 0 Å².